The number of primary amides is 1. The zero-order chi connectivity index (χ0) is 14.4. The van der Waals surface area contributed by atoms with E-state index in [1.165, 1.54) is 0 Å². The van der Waals surface area contributed by atoms with Crippen LogP contribution >= 0.6 is 0 Å². The maximum absolute atomic E-state index is 12.3. The summed E-state index contributed by atoms with van der Waals surface area (Å²) in [7, 11) is 0. The van der Waals surface area contributed by atoms with Gasteiger partial charge in [0.15, 0.2) is 0 Å². The van der Waals surface area contributed by atoms with Crippen LogP contribution in [0.2, 0.25) is 0 Å². The van der Waals surface area contributed by atoms with Gasteiger partial charge in [0.05, 0.1) is 0 Å². The molecule has 0 bridgehead atoms. The van der Waals surface area contributed by atoms with Crippen LogP contribution in [0.1, 0.15) is 54.3 Å². The topological polar surface area (TPSA) is 52.3 Å². The average Bonchev–Trinajstić information content (AvgIpc) is 2.22. The predicted octanol–water partition coefficient (Wildman–Crippen LogP) is 4.27. The molecular formula is C13H25F2NO2. The number of halogens is 2. The fourth-order valence-electron chi connectivity index (χ4n) is 1.31. The molecule has 0 radical (unpaired) electrons. The van der Waals surface area contributed by atoms with Crippen LogP contribution in [0, 0.1) is 0 Å². The Hall–Kier alpha value is -1.13. The van der Waals surface area contributed by atoms with Crippen molar-refractivity contribution in [3.8, 4) is 0 Å². The van der Waals surface area contributed by atoms with Crippen molar-refractivity contribution in [2.45, 2.75) is 64.4 Å². The molecule has 0 atom stereocenters. The van der Waals surface area contributed by atoms with Gasteiger partial charge in [-0.25, -0.2) is 13.6 Å². The molecule has 0 unspecified atom stereocenters. The molecule has 0 aromatic carbocycles. The second kappa shape index (κ2) is 6.71. The molecule has 0 aromatic heterocycles. The van der Waals surface area contributed by atoms with Crippen LogP contribution in [-0.2, 0) is 4.74 Å². The largest absolute Gasteiger partial charge is 0.444 e. The highest BCUT2D eigenvalue weighted by Gasteiger charge is 2.31. The van der Waals surface area contributed by atoms with Gasteiger partial charge in [0, 0.05) is 14.3 Å². The Labute approximate surface area is 109 Å². The zero-order valence-electron chi connectivity index (χ0n) is 11.4. The van der Waals surface area contributed by atoms with E-state index < -0.39 is 17.6 Å². The molecule has 1 rings (SSSR count). The summed E-state index contributed by atoms with van der Waals surface area (Å²) < 4.78 is 29.4. The van der Waals surface area contributed by atoms with Crippen molar-refractivity contribution in [2.75, 3.05) is 0 Å². The van der Waals surface area contributed by atoms with Gasteiger partial charge < -0.3 is 10.5 Å². The lowest BCUT2D eigenvalue weighted by Crippen LogP contribution is -2.30. The maximum atomic E-state index is 12.3. The summed E-state index contributed by atoms with van der Waals surface area (Å²) in [6.07, 6.45) is 1.09. The standard InChI is InChI=1S/C7H10F2.C6H13NO2.H2/c1-6-2-4-7(8,9)5-3-6;1-4-6(2,3)9-5(7)8;/h1-5H2;4H2,1-3H3,(H2,7,8);1H. The van der Waals surface area contributed by atoms with E-state index in [2.05, 4.69) is 6.58 Å². The van der Waals surface area contributed by atoms with Gasteiger partial charge in [-0.15, -0.1) is 0 Å². The molecular weight excluding hydrogens is 240 g/mol. The van der Waals surface area contributed by atoms with E-state index in [0.717, 1.165) is 12.0 Å². The molecule has 1 aliphatic rings. The molecule has 0 aromatic rings. The summed E-state index contributed by atoms with van der Waals surface area (Å²) in [6, 6.07) is 0. The van der Waals surface area contributed by atoms with Crippen molar-refractivity contribution in [1.29, 1.82) is 0 Å². The quantitative estimate of drug-likeness (QED) is 0.758. The van der Waals surface area contributed by atoms with Crippen LogP contribution in [0.4, 0.5) is 13.6 Å². The highest BCUT2D eigenvalue weighted by molar-refractivity contribution is 5.65. The molecule has 1 amide bonds. The van der Waals surface area contributed by atoms with E-state index in [0.29, 0.717) is 12.8 Å². The van der Waals surface area contributed by atoms with Crippen molar-refractivity contribution in [3.05, 3.63) is 12.2 Å². The maximum Gasteiger partial charge on any atom is 0.405 e. The Balaban J connectivity index is 0. The highest BCUT2D eigenvalue weighted by Crippen LogP contribution is 2.34. The number of ether oxygens (including phenoxy) is 1. The first kappa shape index (κ1) is 16.9. The summed E-state index contributed by atoms with van der Waals surface area (Å²) in [5.41, 5.74) is 5.36. The SMILES string of the molecule is C=C1CCC(F)(F)CC1.CCC(C)(C)OC(N)=O.[HH]. The lowest BCUT2D eigenvalue weighted by atomic mass is 9.93. The molecule has 0 heterocycles. The van der Waals surface area contributed by atoms with Crippen LogP contribution in [0.5, 0.6) is 0 Å². The number of hydrogen-bond donors (Lipinski definition) is 1. The second-order valence-electron chi connectivity index (χ2n) is 5.14. The molecule has 1 aliphatic carbocycles. The number of hydrogen-bond acceptors (Lipinski definition) is 2. The molecule has 1 saturated carbocycles. The van der Waals surface area contributed by atoms with E-state index in [4.69, 9.17) is 10.5 Å². The van der Waals surface area contributed by atoms with E-state index >= 15 is 0 Å². The molecule has 0 aliphatic heterocycles. The van der Waals surface area contributed by atoms with Crippen LogP contribution in [0.15, 0.2) is 12.2 Å². The van der Waals surface area contributed by atoms with Gasteiger partial charge in [-0.2, -0.15) is 0 Å². The summed E-state index contributed by atoms with van der Waals surface area (Å²) in [5, 5.41) is 0. The van der Waals surface area contributed by atoms with E-state index in [9.17, 15) is 13.6 Å². The number of carbonyl (C=O) groups is 1. The number of alkyl halides is 2. The van der Waals surface area contributed by atoms with Crippen LogP contribution in [0.25, 0.3) is 0 Å². The fourth-order valence-corrected chi connectivity index (χ4v) is 1.31. The Kier molecular flexibility index (Phi) is 6.29. The van der Waals surface area contributed by atoms with Gasteiger partial charge in [0.2, 0.25) is 5.92 Å². The number of amides is 1. The smallest absolute Gasteiger partial charge is 0.405 e. The second-order valence-corrected chi connectivity index (χ2v) is 5.14. The number of carbonyl (C=O) groups excluding carboxylic acids is 1. The minimum atomic E-state index is -2.40. The van der Waals surface area contributed by atoms with Crippen molar-refractivity contribution in [2.24, 2.45) is 5.73 Å². The average molecular weight is 265 g/mol. The van der Waals surface area contributed by atoms with Crippen LogP contribution < -0.4 is 5.73 Å². The molecule has 2 N–H and O–H groups in total. The van der Waals surface area contributed by atoms with Gasteiger partial charge in [0.25, 0.3) is 0 Å². The Morgan fingerprint density at radius 3 is 2.17 bits per heavy atom. The highest BCUT2D eigenvalue weighted by atomic mass is 19.3. The van der Waals surface area contributed by atoms with E-state index in [-0.39, 0.29) is 14.3 Å². The summed E-state index contributed by atoms with van der Waals surface area (Å²) in [6.45, 7) is 9.21. The van der Waals surface area contributed by atoms with Gasteiger partial charge in [-0.3, -0.25) is 0 Å². The fraction of sp³-hybridized carbons (Fsp3) is 0.769. The number of rotatable bonds is 2. The van der Waals surface area contributed by atoms with Gasteiger partial charge >= 0.3 is 6.09 Å². The van der Waals surface area contributed by atoms with Crippen molar-refractivity contribution >= 4 is 6.09 Å². The molecule has 0 spiro atoms. The summed E-state index contributed by atoms with van der Waals surface area (Å²) in [5.74, 6) is -2.40. The van der Waals surface area contributed by atoms with Gasteiger partial charge in [0.1, 0.15) is 5.60 Å². The zero-order valence-corrected chi connectivity index (χ0v) is 11.4. The van der Waals surface area contributed by atoms with Crippen LogP contribution in [-0.4, -0.2) is 17.6 Å². The summed E-state index contributed by atoms with van der Waals surface area (Å²) in [4.78, 5) is 10.2. The first-order valence-corrected chi connectivity index (χ1v) is 6.11. The minimum absolute atomic E-state index is 0. The molecule has 3 nitrogen and oxygen atoms in total. The first-order chi connectivity index (χ1) is 8.08. The third-order valence-corrected chi connectivity index (χ3v) is 2.92. The van der Waals surface area contributed by atoms with Crippen molar-refractivity contribution < 1.29 is 19.7 Å². The summed E-state index contributed by atoms with van der Waals surface area (Å²) >= 11 is 0. The van der Waals surface area contributed by atoms with Gasteiger partial charge in [-0.1, -0.05) is 19.1 Å². The molecule has 1 fully saturated rings. The molecule has 5 heteroatoms. The molecule has 108 valence electrons. The third kappa shape index (κ3) is 8.03. The molecule has 18 heavy (non-hydrogen) atoms. The third-order valence-electron chi connectivity index (χ3n) is 2.92. The van der Waals surface area contributed by atoms with E-state index in [1.54, 1.807) is 0 Å². The normalized spacial score (nSPS) is 18.6. The predicted molar refractivity (Wildman–Crippen MR) is 69.7 cm³/mol. The number of allylic oxidation sites excluding steroid dienone is 1. The van der Waals surface area contributed by atoms with Gasteiger partial charge in [-0.05, 0) is 33.1 Å². The molecule has 0 saturated heterocycles. The number of nitrogens with two attached hydrogens (primary N) is 1. The monoisotopic (exact) mass is 265 g/mol. The van der Waals surface area contributed by atoms with Crippen molar-refractivity contribution in [1.82, 2.24) is 0 Å². The van der Waals surface area contributed by atoms with Crippen molar-refractivity contribution in [3.63, 3.8) is 0 Å². The van der Waals surface area contributed by atoms with Crippen LogP contribution in [0.3, 0.4) is 0 Å². The minimum Gasteiger partial charge on any atom is -0.444 e. The lowest BCUT2D eigenvalue weighted by molar-refractivity contribution is -0.0245. The Morgan fingerprint density at radius 2 is 1.94 bits per heavy atom. The van der Waals surface area contributed by atoms with E-state index in [1.807, 2.05) is 20.8 Å². The lowest BCUT2D eigenvalue weighted by Gasteiger charge is -2.22. The Bertz CT molecular complexity index is 295. The Morgan fingerprint density at radius 1 is 1.50 bits per heavy atom. The first-order valence-electron chi connectivity index (χ1n) is 6.11.